The van der Waals surface area contributed by atoms with Crippen LogP contribution in [0.2, 0.25) is 0 Å². The van der Waals surface area contributed by atoms with Crippen molar-refractivity contribution in [3.05, 3.63) is 0 Å². The predicted molar refractivity (Wildman–Crippen MR) is 58.9 cm³/mol. The molecule has 78 valence electrons. The van der Waals surface area contributed by atoms with Gasteiger partial charge < -0.3 is 4.90 Å². The van der Waals surface area contributed by atoms with Gasteiger partial charge >= 0.3 is 0 Å². The fraction of sp³-hybridized carbons (Fsp3) is 1.00. The SMILES string of the molecule is CC(C)CCCN1CCC(C)CC1. The van der Waals surface area contributed by atoms with Crippen LogP contribution in [0.3, 0.4) is 0 Å². The number of hydrogen-bond acceptors (Lipinski definition) is 1. The van der Waals surface area contributed by atoms with Crippen LogP contribution in [0.15, 0.2) is 0 Å². The standard InChI is InChI=1S/C12H25N/c1-11(2)5-4-8-13-9-6-12(3)7-10-13/h11-12H,4-10H2,1-3H3. The van der Waals surface area contributed by atoms with Crippen molar-refractivity contribution in [1.82, 2.24) is 4.90 Å². The van der Waals surface area contributed by atoms with E-state index < -0.39 is 0 Å². The van der Waals surface area contributed by atoms with Crippen LogP contribution in [0.4, 0.5) is 0 Å². The van der Waals surface area contributed by atoms with Crippen LogP contribution >= 0.6 is 0 Å². The van der Waals surface area contributed by atoms with Gasteiger partial charge in [0.1, 0.15) is 0 Å². The zero-order valence-electron chi connectivity index (χ0n) is 9.55. The summed E-state index contributed by atoms with van der Waals surface area (Å²) in [5, 5.41) is 0. The molecule has 1 aliphatic rings. The summed E-state index contributed by atoms with van der Waals surface area (Å²) in [5.41, 5.74) is 0. The maximum Gasteiger partial charge on any atom is -0.00162 e. The molecule has 0 saturated carbocycles. The average Bonchev–Trinajstić information content (AvgIpc) is 2.08. The first-order chi connectivity index (χ1) is 6.18. The lowest BCUT2D eigenvalue weighted by molar-refractivity contribution is 0.187. The number of hydrogen-bond donors (Lipinski definition) is 0. The van der Waals surface area contributed by atoms with Crippen LogP contribution < -0.4 is 0 Å². The van der Waals surface area contributed by atoms with Crippen molar-refractivity contribution in [1.29, 1.82) is 0 Å². The van der Waals surface area contributed by atoms with Gasteiger partial charge in [-0.05, 0) is 57.2 Å². The van der Waals surface area contributed by atoms with Crippen LogP contribution in [0.5, 0.6) is 0 Å². The van der Waals surface area contributed by atoms with E-state index in [1.165, 1.54) is 45.3 Å². The second-order valence-corrected chi connectivity index (χ2v) is 5.06. The highest BCUT2D eigenvalue weighted by atomic mass is 15.1. The molecule has 1 heterocycles. The Labute approximate surface area is 83.5 Å². The summed E-state index contributed by atoms with van der Waals surface area (Å²) in [4.78, 5) is 2.64. The summed E-state index contributed by atoms with van der Waals surface area (Å²) in [6, 6.07) is 0. The van der Waals surface area contributed by atoms with E-state index in [0.717, 1.165) is 11.8 Å². The predicted octanol–water partition coefficient (Wildman–Crippen LogP) is 3.15. The third kappa shape index (κ3) is 4.66. The highest BCUT2D eigenvalue weighted by molar-refractivity contribution is 4.69. The first kappa shape index (κ1) is 11.0. The van der Waals surface area contributed by atoms with Gasteiger partial charge in [-0.15, -0.1) is 0 Å². The second kappa shape index (κ2) is 5.64. The topological polar surface area (TPSA) is 3.24 Å². The lowest BCUT2D eigenvalue weighted by Crippen LogP contribution is -2.33. The summed E-state index contributed by atoms with van der Waals surface area (Å²) in [6.07, 6.45) is 5.63. The molecule has 1 saturated heterocycles. The van der Waals surface area contributed by atoms with E-state index in [-0.39, 0.29) is 0 Å². The molecule has 0 aromatic heterocycles. The third-order valence-electron chi connectivity index (χ3n) is 3.13. The Morgan fingerprint density at radius 1 is 1.23 bits per heavy atom. The zero-order chi connectivity index (χ0) is 9.68. The number of likely N-dealkylation sites (tertiary alicyclic amines) is 1. The van der Waals surface area contributed by atoms with E-state index in [0.29, 0.717) is 0 Å². The van der Waals surface area contributed by atoms with Gasteiger partial charge in [0.05, 0.1) is 0 Å². The normalized spacial score (nSPS) is 21.2. The molecule has 13 heavy (non-hydrogen) atoms. The van der Waals surface area contributed by atoms with Crippen LogP contribution in [-0.4, -0.2) is 24.5 Å². The Balaban J connectivity index is 2.02. The molecule has 0 bridgehead atoms. The Bertz CT molecular complexity index is 123. The molecule has 1 fully saturated rings. The first-order valence-corrected chi connectivity index (χ1v) is 5.91. The smallest absolute Gasteiger partial charge is 0.00162 e. The van der Waals surface area contributed by atoms with E-state index in [1.807, 2.05) is 0 Å². The molecule has 0 radical (unpaired) electrons. The summed E-state index contributed by atoms with van der Waals surface area (Å²) in [5.74, 6) is 1.85. The lowest BCUT2D eigenvalue weighted by atomic mass is 9.99. The molecular formula is C12H25N. The van der Waals surface area contributed by atoms with Crippen molar-refractivity contribution in [3.63, 3.8) is 0 Å². The van der Waals surface area contributed by atoms with Gasteiger partial charge in [-0.1, -0.05) is 20.8 Å². The van der Waals surface area contributed by atoms with Crippen molar-refractivity contribution in [3.8, 4) is 0 Å². The minimum absolute atomic E-state index is 0.878. The molecule has 0 N–H and O–H groups in total. The van der Waals surface area contributed by atoms with Crippen molar-refractivity contribution in [2.45, 2.75) is 46.5 Å². The maximum absolute atomic E-state index is 2.64. The second-order valence-electron chi connectivity index (χ2n) is 5.06. The minimum atomic E-state index is 0.878. The summed E-state index contributed by atoms with van der Waals surface area (Å²) in [7, 11) is 0. The first-order valence-electron chi connectivity index (χ1n) is 5.91. The van der Waals surface area contributed by atoms with Crippen molar-refractivity contribution in [2.24, 2.45) is 11.8 Å². The van der Waals surface area contributed by atoms with E-state index in [1.54, 1.807) is 0 Å². The van der Waals surface area contributed by atoms with Gasteiger partial charge in [0.25, 0.3) is 0 Å². The maximum atomic E-state index is 2.64. The van der Waals surface area contributed by atoms with Gasteiger partial charge in [-0.25, -0.2) is 0 Å². The van der Waals surface area contributed by atoms with Gasteiger partial charge in [0.2, 0.25) is 0 Å². The van der Waals surface area contributed by atoms with E-state index in [9.17, 15) is 0 Å². The molecule has 1 nitrogen and oxygen atoms in total. The van der Waals surface area contributed by atoms with Crippen LogP contribution in [-0.2, 0) is 0 Å². The molecule has 0 amide bonds. The molecule has 1 aliphatic heterocycles. The van der Waals surface area contributed by atoms with Gasteiger partial charge in [0, 0.05) is 0 Å². The van der Waals surface area contributed by atoms with Crippen LogP contribution in [0.1, 0.15) is 46.5 Å². The Kier molecular flexibility index (Phi) is 4.79. The highest BCUT2D eigenvalue weighted by Crippen LogP contribution is 2.16. The Morgan fingerprint density at radius 2 is 1.85 bits per heavy atom. The van der Waals surface area contributed by atoms with Crippen LogP contribution in [0.25, 0.3) is 0 Å². The molecule has 0 aromatic rings. The summed E-state index contributed by atoms with van der Waals surface area (Å²) in [6.45, 7) is 11.0. The Hall–Kier alpha value is -0.0400. The third-order valence-corrected chi connectivity index (χ3v) is 3.13. The molecule has 0 aromatic carbocycles. The van der Waals surface area contributed by atoms with E-state index in [2.05, 4.69) is 25.7 Å². The average molecular weight is 183 g/mol. The van der Waals surface area contributed by atoms with E-state index >= 15 is 0 Å². The van der Waals surface area contributed by atoms with Crippen LogP contribution in [0, 0.1) is 11.8 Å². The fourth-order valence-corrected chi connectivity index (χ4v) is 2.01. The van der Waals surface area contributed by atoms with Crippen molar-refractivity contribution in [2.75, 3.05) is 19.6 Å². The number of nitrogens with zero attached hydrogens (tertiary/aromatic N) is 1. The Morgan fingerprint density at radius 3 is 2.38 bits per heavy atom. The van der Waals surface area contributed by atoms with Gasteiger partial charge in [-0.3, -0.25) is 0 Å². The molecular weight excluding hydrogens is 158 g/mol. The monoisotopic (exact) mass is 183 g/mol. The molecule has 0 aliphatic carbocycles. The summed E-state index contributed by atoms with van der Waals surface area (Å²) >= 11 is 0. The molecule has 1 heteroatoms. The number of piperidine rings is 1. The van der Waals surface area contributed by atoms with Gasteiger partial charge in [-0.2, -0.15) is 0 Å². The zero-order valence-corrected chi connectivity index (χ0v) is 9.55. The van der Waals surface area contributed by atoms with Gasteiger partial charge in [0.15, 0.2) is 0 Å². The molecule has 0 unspecified atom stereocenters. The summed E-state index contributed by atoms with van der Waals surface area (Å²) < 4.78 is 0. The molecule has 0 spiro atoms. The van der Waals surface area contributed by atoms with E-state index in [4.69, 9.17) is 0 Å². The quantitative estimate of drug-likeness (QED) is 0.647. The fourth-order valence-electron chi connectivity index (χ4n) is 2.01. The minimum Gasteiger partial charge on any atom is -0.303 e. The van der Waals surface area contributed by atoms with Crippen molar-refractivity contribution < 1.29 is 0 Å². The highest BCUT2D eigenvalue weighted by Gasteiger charge is 2.14. The molecule has 1 rings (SSSR count). The number of rotatable bonds is 4. The molecule has 0 atom stereocenters. The lowest BCUT2D eigenvalue weighted by Gasteiger charge is -2.30. The largest absolute Gasteiger partial charge is 0.303 e. The van der Waals surface area contributed by atoms with Crippen molar-refractivity contribution >= 4 is 0 Å².